The normalized spacial score (nSPS) is 20.9. The SMILES string of the molecule is CC(c1ccc(C(C)(F)F)cn1)N1CCC2(CC1)OC(c1cc(Cl)cc[n+]1[O-])c1ccccc12. The van der Waals surface area contributed by atoms with Crippen molar-refractivity contribution < 1.29 is 18.2 Å². The van der Waals surface area contributed by atoms with E-state index in [4.69, 9.17) is 16.3 Å². The Labute approximate surface area is 202 Å². The summed E-state index contributed by atoms with van der Waals surface area (Å²) in [6.07, 6.45) is 3.68. The lowest BCUT2D eigenvalue weighted by Gasteiger charge is -2.41. The summed E-state index contributed by atoms with van der Waals surface area (Å²) in [6, 6.07) is 14.4. The van der Waals surface area contributed by atoms with Crippen LogP contribution in [0.1, 0.15) is 66.9 Å². The molecule has 34 heavy (non-hydrogen) atoms. The summed E-state index contributed by atoms with van der Waals surface area (Å²) in [5.41, 5.74) is 2.77. The van der Waals surface area contributed by atoms with E-state index >= 15 is 0 Å². The maximum atomic E-state index is 13.5. The van der Waals surface area contributed by atoms with Crippen molar-refractivity contribution in [3.8, 4) is 0 Å². The molecule has 0 N–H and O–H groups in total. The number of rotatable bonds is 4. The molecule has 1 spiro atoms. The fraction of sp³-hybridized carbons (Fsp3) is 0.385. The number of halogens is 3. The van der Waals surface area contributed by atoms with Crippen LogP contribution in [0.25, 0.3) is 0 Å². The Balaban J connectivity index is 1.36. The summed E-state index contributed by atoms with van der Waals surface area (Å²) in [7, 11) is 0. The molecule has 0 bridgehead atoms. The molecule has 1 fully saturated rings. The van der Waals surface area contributed by atoms with Crippen LogP contribution in [-0.2, 0) is 16.3 Å². The zero-order valence-electron chi connectivity index (χ0n) is 19.0. The van der Waals surface area contributed by atoms with Crippen LogP contribution < -0.4 is 4.73 Å². The fourth-order valence-corrected chi connectivity index (χ4v) is 5.31. The molecule has 2 aliphatic rings. The lowest BCUT2D eigenvalue weighted by atomic mass is 9.83. The van der Waals surface area contributed by atoms with Gasteiger partial charge in [0.25, 0.3) is 5.92 Å². The first-order valence-corrected chi connectivity index (χ1v) is 11.8. The highest BCUT2D eigenvalue weighted by Crippen LogP contribution is 2.51. The third-order valence-electron chi connectivity index (χ3n) is 7.13. The van der Waals surface area contributed by atoms with Crippen molar-refractivity contribution in [2.24, 2.45) is 0 Å². The Bertz CT molecular complexity index is 1190. The predicted octanol–water partition coefficient (Wildman–Crippen LogP) is 5.65. The van der Waals surface area contributed by atoms with Crippen molar-refractivity contribution >= 4 is 11.6 Å². The molecular formula is C26H26ClF2N3O2. The molecule has 5 rings (SSSR count). The van der Waals surface area contributed by atoms with E-state index in [1.165, 1.54) is 18.5 Å². The average Bonchev–Trinajstić information content (AvgIpc) is 3.14. The van der Waals surface area contributed by atoms with Gasteiger partial charge in [-0.15, -0.1) is 0 Å². The van der Waals surface area contributed by atoms with E-state index in [1.54, 1.807) is 18.2 Å². The molecule has 1 saturated heterocycles. The maximum absolute atomic E-state index is 13.5. The average molecular weight is 486 g/mol. The van der Waals surface area contributed by atoms with Crippen LogP contribution >= 0.6 is 11.6 Å². The summed E-state index contributed by atoms with van der Waals surface area (Å²) >= 11 is 6.18. The second kappa shape index (κ2) is 8.56. The quantitative estimate of drug-likeness (QED) is 0.354. The van der Waals surface area contributed by atoms with Gasteiger partial charge < -0.3 is 9.94 Å². The van der Waals surface area contributed by atoms with Gasteiger partial charge in [0, 0.05) is 49.9 Å². The van der Waals surface area contributed by atoms with Gasteiger partial charge in [-0.25, -0.2) is 8.78 Å². The van der Waals surface area contributed by atoms with Gasteiger partial charge in [0.2, 0.25) is 5.69 Å². The number of pyridine rings is 2. The molecule has 0 radical (unpaired) electrons. The third-order valence-corrected chi connectivity index (χ3v) is 7.37. The minimum absolute atomic E-state index is 0.0129. The minimum Gasteiger partial charge on any atom is -0.618 e. The number of benzene rings is 1. The van der Waals surface area contributed by atoms with E-state index in [0.717, 1.165) is 54.4 Å². The molecule has 0 saturated carbocycles. The topological polar surface area (TPSA) is 52.3 Å². The lowest BCUT2D eigenvalue weighted by molar-refractivity contribution is -0.618. The Kier molecular flexibility index (Phi) is 5.82. The van der Waals surface area contributed by atoms with Crippen molar-refractivity contribution in [3.05, 3.63) is 99.2 Å². The first-order valence-electron chi connectivity index (χ1n) is 11.4. The van der Waals surface area contributed by atoms with Gasteiger partial charge in [-0.3, -0.25) is 9.88 Å². The molecular weight excluding hydrogens is 460 g/mol. The minimum atomic E-state index is -2.90. The Morgan fingerprint density at radius 1 is 1.21 bits per heavy atom. The second-order valence-electron chi connectivity index (χ2n) is 9.25. The molecule has 0 amide bonds. The third kappa shape index (κ3) is 4.06. The summed E-state index contributed by atoms with van der Waals surface area (Å²) in [4.78, 5) is 6.61. The number of hydrogen-bond acceptors (Lipinski definition) is 4. The predicted molar refractivity (Wildman–Crippen MR) is 124 cm³/mol. The van der Waals surface area contributed by atoms with Gasteiger partial charge in [-0.1, -0.05) is 35.9 Å². The molecule has 8 heteroatoms. The van der Waals surface area contributed by atoms with Crippen LogP contribution in [0.2, 0.25) is 5.02 Å². The maximum Gasteiger partial charge on any atom is 0.272 e. The first kappa shape index (κ1) is 23.1. The Hall–Kier alpha value is -2.61. The highest BCUT2D eigenvalue weighted by Gasteiger charge is 2.49. The first-order chi connectivity index (χ1) is 16.2. The zero-order chi connectivity index (χ0) is 24.1. The van der Waals surface area contributed by atoms with E-state index in [1.807, 2.05) is 25.1 Å². The molecule has 5 nitrogen and oxygen atoms in total. The number of ether oxygens (including phenoxy) is 1. The van der Waals surface area contributed by atoms with Crippen molar-refractivity contribution in [3.63, 3.8) is 0 Å². The monoisotopic (exact) mass is 485 g/mol. The molecule has 3 aromatic rings. The van der Waals surface area contributed by atoms with Crippen molar-refractivity contribution in [1.82, 2.24) is 9.88 Å². The number of fused-ring (bicyclic) bond motifs is 2. The standard InChI is InChI=1S/C26H26ClF2N3O2/c1-17(22-8-7-18(16-30-22)25(2,28)29)31-13-10-26(11-14-31)21-6-4-3-5-20(21)24(34-26)23-15-19(27)9-12-32(23)33/h3-9,12,15-17,24H,10-11,13-14H2,1-2H3. The summed E-state index contributed by atoms with van der Waals surface area (Å²) < 4.78 is 34.6. The lowest BCUT2D eigenvalue weighted by Crippen LogP contribution is -2.44. The van der Waals surface area contributed by atoms with Crippen LogP contribution in [0.3, 0.4) is 0 Å². The number of piperidine rings is 1. The van der Waals surface area contributed by atoms with Crippen LogP contribution in [0.4, 0.5) is 8.78 Å². The highest BCUT2D eigenvalue weighted by molar-refractivity contribution is 6.30. The van der Waals surface area contributed by atoms with E-state index in [0.29, 0.717) is 10.7 Å². The van der Waals surface area contributed by atoms with Crippen molar-refractivity contribution in [1.29, 1.82) is 0 Å². The van der Waals surface area contributed by atoms with Crippen LogP contribution in [0.15, 0.2) is 60.9 Å². The number of hydrogen-bond donors (Lipinski definition) is 0. The largest absolute Gasteiger partial charge is 0.618 e. The molecule has 2 atom stereocenters. The van der Waals surface area contributed by atoms with E-state index in [-0.39, 0.29) is 11.6 Å². The number of likely N-dealkylation sites (tertiary alicyclic amines) is 1. The molecule has 1 aromatic carbocycles. The van der Waals surface area contributed by atoms with Gasteiger partial charge in [-0.2, -0.15) is 4.73 Å². The van der Waals surface area contributed by atoms with Gasteiger partial charge >= 0.3 is 0 Å². The van der Waals surface area contributed by atoms with Gasteiger partial charge in [0.15, 0.2) is 12.3 Å². The molecule has 2 aromatic heterocycles. The van der Waals surface area contributed by atoms with Crippen molar-refractivity contribution in [2.45, 2.75) is 50.4 Å². The number of alkyl halides is 2. The van der Waals surface area contributed by atoms with E-state index in [9.17, 15) is 14.0 Å². The Morgan fingerprint density at radius 3 is 2.62 bits per heavy atom. The molecule has 0 aliphatic carbocycles. The zero-order valence-corrected chi connectivity index (χ0v) is 19.8. The summed E-state index contributed by atoms with van der Waals surface area (Å²) in [6.45, 7) is 4.43. The summed E-state index contributed by atoms with van der Waals surface area (Å²) in [5, 5.41) is 13.0. The molecule has 178 valence electrons. The molecule has 4 heterocycles. The number of aromatic nitrogens is 2. The van der Waals surface area contributed by atoms with Crippen LogP contribution in [0.5, 0.6) is 0 Å². The van der Waals surface area contributed by atoms with Gasteiger partial charge in [0.1, 0.15) is 0 Å². The molecule has 2 unspecified atom stereocenters. The van der Waals surface area contributed by atoms with Crippen LogP contribution in [0, 0.1) is 5.21 Å². The summed E-state index contributed by atoms with van der Waals surface area (Å²) in [5.74, 6) is -2.90. The van der Waals surface area contributed by atoms with Gasteiger partial charge in [0.05, 0.1) is 16.3 Å². The van der Waals surface area contributed by atoms with Gasteiger partial charge in [-0.05, 0) is 43.0 Å². The van der Waals surface area contributed by atoms with E-state index in [2.05, 4.69) is 16.0 Å². The smallest absolute Gasteiger partial charge is 0.272 e. The van der Waals surface area contributed by atoms with Crippen molar-refractivity contribution in [2.75, 3.05) is 13.1 Å². The van der Waals surface area contributed by atoms with Crippen LogP contribution in [-0.4, -0.2) is 23.0 Å². The fourth-order valence-electron chi connectivity index (χ4n) is 5.14. The van der Waals surface area contributed by atoms with E-state index < -0.39 is 17.6 Å². The second-order valence-corrected chi connectivity index (χ2v) is 9.68. The highest BCUT2D eigenvalue weighted by atomic mass is 35.5. The Morgan fingerprint density at radius 2 is 1.94 bits per heavy atom. The molecule has 2 aliphatic heterocycles. The number of nitrogens with zero attached hydrogens (tertiary/aromatic N) is 3.